The maximum absolute atomic E-state index is 12.3. The predicted molar refractivity (Wildman–Crippen MR) is 79.9 cm³/mol. The third-order valence-electron chi connectivity index (χ3n) is 3.95. The molecule has 21 heavy (non-hydrogen) atoms. The molecule has 0 spiro atoms. The molecule has 1 aromatic carbocycles. The highest BCUT2D eigenvalue weighted by atomic mass is 16.4. The Labute approximate surface area is 125 Å². The van der Waals surface area contributed by atoms with E-state index in [2.05, 4.69) is 12.2 Å². The first-order chi connectivity index (χ1) is 10.1. The number of nitrogens with zero attached hydrogens (tertiary/aromatic N) is 1. The van der Waals surface area contributed by atoms with Crippen LogP contribution in [0.25, 0.3) is 0 Å². The van der Waals surface area contributed by atoms with E-state index in [1.165, 1.54) is 0 Å². The van der Waals surface area contributed by atoms with Crippen molar-refractivity contribution in [3.05, 3.63) is 35.9 Å². The van der Waals surface area contributed by atoms with Crippen molar-refractivity contribution in [2.45, 2.75) is 32.2 Å². The zero-order valence-electron chi connectivity index (χ0n) is 12.3. The SMILES string of the molecule is CC1CCN(C(=O)NC(CC(=O)O)c2ccccc2)CC1. The molecule has 1 aromatic rings. The van der Waals surface area contributed by atoms with E-state index in [1.807, 2.05) is 30.3 Å². The maximum atomic E-state index is 12.3. The summed E-state index contributed by atoms with van der Waals surface area (Å²) in [5, 5.41) is 11.9. The van der Waals surface area contributed by atoms with E-state index in [1.54, 1.807) is 4.90 Å². The number of urea groups is 1. The quantitative estimate of drug-likeness (QED) is 0.895. The number of amides is 2. The first-order valence-corrected chi connectivity index (χ1v) is 7.38. The van der Waals surface area contributed by atoms with Crippen LogP contribution in [0.1, 0.15) is 37.8 Å². The molecule has 5 nitrogen and oxygen atoms in total. The molecule has 1 aliphatic heterocycles. The highest BCUT2D eigenvalue weighted by molar-refractivity contribution is 5.76. The van der Waals surface area contributed by atoms with Crippen LogP contribution in [-0.2, 0) is 4.79 Å². The lowest BCUT2D eigenvalue weighted by Crippen LogP contribution is -2.45. The molecule has 1 aliphatic rings. The monoisotopic (exact) mass is 290 g/mol. The van der Waals surface area contributed by atoms with Crippen molar-refractivity contribution in [2.75, 3.05) is 13.1 Å². The number of likely N-dealkylation sites (tertiary alicyclic amines) is 1. The second kappa shape index (κ2) is 7.11. The standard InChI is InChI=1S/C16H22N2O3/c1-12-7-9-18(10-8-12)16(21)17-14(11-15(19)20)13-5-3-2-4-6-13/h2-6,12,14H,7-11H2,1H3,(H,17,21)(H,19,20). The van der Waals surface area contributed by atoms with Gasteiger partial charge in [0.15, 0.2) is 0 Å². The van der Waals surface area contributed by atoms with Crippen molar-refractivity contribution in [1.29, 1.82) is 0 Å². The molecule has 1 saturated heterocycles. The van der Waals surface area contributed by atoms with Gasteiger partial charge < -0.3 is 15.3 Å². The minimum Gasteiger partial charge on any atom is -0.481 e. The Morgan fingerprint density at radius 2 is 1.90 bits per heavy atom. The number of carbonyl (C=O) groups excluding carboxylic acids is 1. The highest BCUT2D eigenvalue weighted by Gasteiger charge is 2.24. The highest BCUT2D eigenvalue weighted by Crippen LogP contribution is 2.19. The van der Waals surface area contributed by atoms with Crippen LogP contribution < -0.4 is 5.32 Å². The summed E-state index contributed by atoms with van der Waals surface area (Å²) in [5.74, 6) is -0.269. The number of nitrogens with one attached hydrogen (secondary N) is 1. The Kier molecular flexibility index (Phi) is 5.20. The summed E-state index contributed by atoms with van der Waals surface area (Å²) in [6, 6.07) is 8.58. The summed E-state index contributed by atoms with van der Waals surface area (Å²) in [6.45, 7) is 3.66. The summed E-state index contributed by atoms with van der Waals surface area (Å²) >= 11 is 0. The topological polar surface area (TPSA) is 69.6 Å². The van der Waals surface area contributed by atoms with Gasteiger partial charge in [0.25, 0.3) is 0 Å². The summed E-state index contributed by atoms with van der Waals surface area (Å²) < 4.78 is 0. The number of rotatable bonds is 4. The summed E-state index contributed by atoms with van der Waals surface area (Å²) in [4.78, 5) is 25.1. The molecule has 0 bridgehead atoms. The number of benzene rings is 1. The summed E-state index contributed by atoms with van der Waals surface area (Å²) in [7, 11) is 0. The zero-order chi connectivity index (χ0) is 15.2. The Balaban J connectivity index is 2.01. The van der Waals surface area contributed by atoms with Crippen LogP contribution in [0.3, 0.4) is 0 Å². The number of hydrogen-bond donors (Lipinski definition) is 2. The largest absolute Gasteiger partial charge is 0.481 e. The average Bonchev–Trinajstić information content (AvgIpc) is 2.47. The molecule has 0 aliphatic carbocycles. The van der Waals surface area contributed by atoms with Gasteiger partial charge in [-0.1, -0.05) is 37.3 Å². The molecular formula is C16H22N2O3. The minimum absolute atomic E-state index is 0.111. The molecule has 0 radical (unpaired) electrons. The van der Waals surface area contributed by atoms with Crippen molar-refractivity contribution in [1.82, 2.24) is 10.2 Å². The Morgan fingerprint density at radius 3 is 2.48 bits per heavy atom. The number of aliphatic carboxylic acids is 1. The number of carbonyl (C=O) groups is 2. The molecule has 0 aromatic heterocycles. The van der Waals surface area contributed by atoms with E-state index in [9.17, 15) is 9.59 Å². The molecular weight excluding hydrogens is 268 g/mol. The lowest BCUT2D eigenvalue weighted by Gasteiger charge is -2.31. The van der Waals surface area contributed by atoms with Crippen molar-refractivity contribution in [3.63, 3.8) is 0 Å². The van der Waals surface area contributed by atoms with Gasteiger partial charge in [0.2, 0.25) is 0 Å². The van der Waals surface area contributed by atoms with E-state index in [0.717, 1.165) is 31.5 Å². The Morgan fingerprint density at radius 1 is 1.29 bits per heavy atom. The van der Waals surface area contributed by atoms with E-state index in [4.69, 9.17) is 5.11 Å². The van der Waals surface area contributed by atoms with E-state index < -0.39 is 12.0 Å². The van der Waals surface area contributed by atoms with Gasteiger partial charge >= 0.3 is 12.0 Å². The first kappa shape index (κ1) is 15.4. The number of carboxylic acids is 1. The average molecular weight is 290 g/mol. The Hall–Kier alpha value is -2.04. The molecule has 1 atom stereocenters. The fraction of sp³-hybridized carbons (Fsp3) is 0.500. The number of piperidine rings is 1. The normalized spacial score (nSPS) is 17.3. The van der Waals surface area contributed by atoms with Gasteiger partial charge in [0.1, 0.15) is 0 Å². The van der Waals surface area contributed by atoms with Gasteiger partial charge in [0.05, 0.1) is 12.5 Å². The van der Waals surface area contributed by atoms with Crippen LogP contribution in [0.2, 0.25) is 0 Å². The first-order valence-electron chi connectivity index (χ1n) is 7.38. The molecule has 1 unspecified atom stereocenters. The third-order valence-corrected chi connectivity index (χ3v) is 3.95. The van der Waals surface area contributed by atoms with Crippen LogP contribution in [0.5, 0.6) is 0 Å². The molecule has 2 rings (SSSR count). The van der Waals surface area contributed by atoms with E-state index >= 15 is 0 Å². The summed E-state index contributed by atoms with van der Waals surface area (Å²) in [5.41, 5.74) is 0.818. The number of hydrogen-bond acceptors (Lipinski definition) is 2. The van der Waals surface area contributed by atoms with Gasteiger partial charge in [-0.05, 0) is 24.3 Å². The van der Waals surface area contributed by atoms with Crippen LogP contribution >= 0.6 is 0 Å². The van der Waals surface area contributed by atoms with Gasteiger partial charge in [0, 0.05) is 13.1 Å². The van der Waals surface area contributed by atoms with Gasteiger partial charge in [-0.15, -0.1) is 0 Å². The molecule has 114 valence electrons. The Bertz CT molecular complexity index is 482. The molecule has 2 amide bonds. The van der Waals surface area contributed by atoms with Crippen molar-refractivity contribution in [2.24, 2.45) is 5.92 Å². The van der Waals surface area contributed by atoms with Crippen molar-refractivity contribution in [3.8, 4) is 0 Å². The van der Waals surface area contributed by atoms with Crippen molar-refractivity contribution < 1.29 is 14.7 Å². The number of carboxylic acid groups (broad SMARTS) is 1. The maximum Gasteiger partial charge on any atom is 0.317 e. The van der Waals surface area contributed by atoms with Gasteiger partial charge in [-0.25, -0.2) is 4.79 Å². The van der Waals surface area contributed by atoms with E-state index in [0.29, 0.717) is 5.92 Å². The lowest BCUT2D eigenvalue weighted by molar-refractivity contribution is -0.137. The van der Waals surface area contributed by atoms with E-state index in [-0.39, 0.29) is 12.5 Å². The fourth-order valence-corrected chi connectivity index (χ4v) is 2.56. The minimum atomic E-state index is -0.920. The fourth-order valence-electron chi connectivity index (χ4n) is 2.56. The second-order valence-electron chi connectivity index (χ2n) is 5.68. The zero-order valence-corrected chi connectivity index (χ0v) is 12.3. The van der Waals surface area contributed by atoms with Crippen molar-refractivity contribution >= 4 is 12.0 Å². The molecule has 1 heterocycles. The van der Waals surface area contributed by atoms with Crippen LogP contribution in [-0.4, -0.2) is 35.1 Å². The van der Waals surface area contributed by atoms with Gasteiger partial charge in [-0.3, -0.25) is 4.79 Å². The summed E-state index contributed by atoms with van der Waals surface area (Å²) in [6.07, 6.45) is 1.89. The molecule has 0 saturated carbocycles. The smallest absolute Gasteiger partial charge is 0.317 e. The molecule has 1 fully saturated rings. The third kappa shape index (κ3) is 4.48. The van der Waals surface area contributed by atoms with Gasteiger partial charge in [-0.2, -0.15) is 0 Å². The van der Waals surface area contributed by atoms with Crippen LogP contribution in [0, 0.1) is 5.92 Å². The molecule has 5 heteroatoms. The second-order valence-corrected chi connectivity index (χ2v) is 5.68. The van der Waals surface area contributed by atoms with Crippen LogP contribution in [0.4, 0.5) is 4.79 Å². The predicted octanol–water partition coefficient (Wildman–Crippen LogP) is 2.64. The van der Waals surface area contributed by atoms with Crippen LogP contribution in [0.15, 0.2) is 30.3 Å². The lowest BCUT2D eigenvalue weighted by atomic mass is 9.99. The molecule has 2 N–H and O–H groups in total.